The van der Waals surface area contributed by atoms with Crippen LogP contribution >= 0.6 is 0 Å². The van der Waals surface area contributed by atoms with Crippen LogP contribution in [0.15, 0.2) is 78.9 Å². The first-order chi connectivity index (χ1) is 15.6. The van der Waals surface area contributed by atoms with Crippen molar-refractivity contribution in [1.29, 1.82) is 0 Å². The molecule has 0 fully saturated rings. The minimum absolute atomic E-state index is 0.108. The van der Waals surface area contributed by atoms with Crippen molar-refractivity contribution in [3.8, 4) is 11.5 Å². The molecule has 0 saturated heterocycles. The third-order valence-electron chi connectivity index (χ3n) is 4.88. The lowest BCUT2D eigenvalue weighted by Crippen LogP contribution is -2.31. The van der Waals surface area contributed by atoms with Crippen molar-refractivity contribution in [3.63, 3.8) is 0 Å². The van der Waals surface area contributed by atoms with E-state index < -0.39 is 0 Å². The molecule has 3 rings (SSSR count). The lowest BCUT2D eigenvalue weighted by Gasteiger charge is -2.13. The number of rotatable bonds is 10. The Morgan fingerprint density at radius 3 is 2.19 bits per heavy atom. The predicted molar refractivity (Wildman–Crippen MR) is 125 cm³/mol. The van der Waals surface area contributed by atoms with Crippen molar-refractivity contribution in [2.45, 2.75) is 26.3 Å². The molecular formula is C26H28N2O4. The molecule has 166 valence electrons. The normalized spacial score (nSPS) is 11.3. The average Bonchev–Trinajstić information content (AvgIpc) is 2.83. The van der Waals surface area contributed by atoms with Crippen LogP contribution in [0, 0.1) is 0 Å². The number of carbonyl (C=O) groups is 2. The number of amides is 2. The van der Waals surface area contributed by atoms with Crippen LogP contribution < -0.4 is 20.1 Å². The van der Waals surface area contributed by atoms with Crippen molar-refractivity contribution in [2.24, 2.45) is 0 Å². The number of hydrogen-bond donors (Lipinski definition) is 2. The predicted octanol–water partition coefficient (Wildman–Crippen LogP) is 4.93. The number of nitrogens with one attached hydrogen (secondary N) is 2. The van der Waals surface area contributed by atoms with Gasteiger partial charge in [0.25, 0.3) is 11.8 Å². The molecule has 0 radical (unpaired) electrons. The first-order valence-corrected chi connectivity index (χ1v) is 10.7. The van der Waals surface area contributed by atoms with Gasteiger partial charge >= 0.3 is 0 Å². The highest BCUT2D eigenvalue weighted by atomic mass is 16.5. The molecule has 0 aromatic heterocycles. The van der Waals surface area contributed by atoms with Crippen LogP contribution in [0.3, 0.4) is 0 Å². The molecule has 0 aliphatic carbocycles. The van der Waals surface area contributed by atoms with Crippen LogP contribution in [-0.2, 0) is 0 Å². The highest BCUT2D eigenvalue weighted by Gasteiger charge is 2.13. The zero-order chi connectivity index (χ0) is 22.8. The summed E-state index contributed by atoms with van der Waals surface area (Å²) < 4.78 is 11.4. The number of anilines is 1. The van der Waals surface area contributed by atoms with Crippen molar-refractivity contribution < 1.29 is 19.1 Å². The van der Waals surface area contributed by atoms with E-state index in [0.717, 1.165) is 12.2 Å². The van der Waals surface area contributed by atoms with Gasteiger partial charge in [0.2, 0.25) is 0 Å². The summed E-state index contributed by atoms with van der Waals surface area (Å²) in [5, 5.41) is 5.77. The van der Waals surface area contributed by atoms with Gasteiger partial charge in [-0.2, -0.15) is 0 Å². The monoisotopic (exact) mass is 432 g/mol. The molecule has 3 aromatic rings. The van der Waals surface area contributed by atoms with Gasteiger partial charge in [0.05, 0.1) is 5.56 Å². The van der Waals surface area contributed by atoms with E-state index >= 15 is 0 Å². The Hall–Kier alpha value is -3.80. The summed E-state index contributed by atoms with van der Waals surface area (Å²) in [6.07, 6.45) is 0.861. The van der Waals surface area contributed by atoms with E-state index in [2.05, 4.69) is 10.6 Å². The van der Waals surface area contributed by atoms with Gasteiger partial charge in [-0.25, -0.2) is 0 Å². The Kier molecular flexibility index (Phi) is 8.26. The van der Waals surface area contributed by atoms with E-state index in [4.69, 9.17) is 9.47 Å². The highest BCUT2D eigenvalue weighted by molar-refractivity contribution is 6.06. The van der Waals surface area contributed by atoms with Crippen molar-refractivity contribution in [1.82, 2.24) is 5.32 Å². The zero-order valence-electron chi connectivity index (χ0n) is 18.3. The Bertz CT molecular complexity index is 1020. The molecule has 0 saturated carbocycles. The van der Waals surface area contributed by atoms with Crippen LogP contribution in [0.1, 0.15) is 41.0 Å². The topological polar surface area (TPSA) is 76.7 Å². The number of ether oxygens (including phenoxy) is 2. The van der Waals surface area contributed by atoms with Gasteiger partial charge in [-0.05, 0) is 61.9 Å². The third-order valence-corrected chi connectivity index (χ3v) is 4.88. The minimum atomic E-state index is -0.290. The van der Waals surface area contributed by atoms with E-state index in [1.807, 2.05) is 50.2 Å². The fourth-order valence-electron chi connectivity index (χ4n) is 2.92. The fraction of sp³-hybridized carbons (Fsp3) is 0.231. The number of benzene rings is 3. The Morgan fingerprint density at radius 2 is 1.47 bits per heavy atom. The molecule has 0 spiro atoms. The van der Waals surface area contributed by atoms with Gasteiger partial charge in [0.1, 0.15) is 24.7 Å². The van der Waals surface area contributed by atoms with E-state index in [-0.39, 0.29) is 17.9 Å². The summed E-state index contributed by atoms with van der Waals surface area (Å²) in [6, 6.07) is 23.4. The molecule has 0 aliphatic heterocycles. The summed E-state index contributed by atoms with van der Waals surface area (Å²) in [5.74, 6) is 0.824. The molecule has 0 aliphatic rings. The number of carbonyl (C=O) groups excluding carboxylic acids is 2. The molecule has 6 heteroatoms. The van der Waals surface area contributed by atoms with Gasteiger partial charge in [0, 0.05) is 17.3 Å². The molecule has 0 bridgehead atoms. The van der Waals surface area contributed by atoms with Crippen LogP contribution in [0.2, 0.25) is 0 Å². The summed E-state index contributed by atoms with van der Waals surface area (Å²) >= 11 is 0. The second-order valence-electron chi connectivity index (χ2n) is 7.32. The molecule has 1 unspecified atom stereocenters. The SMILES string of the molecule is CCC(C)NC(=O)c1ccc(NC(=O)c2ccccc2OCCOc2ccccc2)cc1. The number of hydrogen-bond acceptors (Lipinski definition) is 4. The minimum Gasteiger partial charge on any atom is -0.490 e. The number of para-hydroxylation sites is 2. The Labute approximate surface area is 188 Å². The second-order valence-corrected chi connectivity index (χ2v) is 7.32. The largest absolute Gasteiger partial charge is 0.490 e. The third kappa shape index (κ3) is 6.60. The quantitative estimate of drug-likeness (QED) is 0.446. The standard InChI is InChI=1S/C26H28N2O4/c1-3-19(2)27-25(29)20-13-15-21(16-14-20)28-26(30)23-11-7-8-12-24(23)32-18-17-31-22-9-5-4-6-10-22/h4-16,19H,3,17-18H2,1-2H3,(H,27,29)(H,28,30). The van der Waals surface area contributed by atoms with Gasteiger partial charge in [0.15, 0.2) is 0 Å². The van der Waals surface area contributed by atoms with E-state index in [1.54, 1.807) is 42.5 Å². The summed E-state index contributed by atoms with van der Waals surface area (Å²) in [7, 11) is 0. The van der Waals surface area contributed by atoms with Crippen molar-refractivity contribution in [3.05, 3.63) is 90.0 Å². The smallest absolute Gasteiger partial charge is 0.259 e. The summed E-state index contributed by atoms with van der Waals surface area (Å²) in [4.78, 5) is 25.0. The Balaban J connectivity index is 1.56. The molecule has 0 heterocycles. The lowest BCUT2D eigenvalue weighted by molar-refractivity contribution is 0.0938. The first-order valence-electron chi connectivity index (χ1n) is 10.7. The van der Waals surface area contributed by atoms with Gasteiger partial charge in [-0.15, -0.1) is 0 Å². The summed E-state index contributed by atoms with van der Waals surface area (Å²) in [5.41, 5.74) is 1.56. The highest BCUT2D eigenvalue weighted by Crippen LogP contribution is 2.20. The molecule has 32 heavy (non-hydrogen) atoms. The van der Waals surface area contributed by atoms with Crippen LogP contribution in [0.4, 0.5) is 5.69 Å². The van der Waals surface area contributed by atoms with Crippen molar-refractivity contribution in [2.75, 3.05) is 18.5 Å². The zero-order valence-corrected chi connectivity index (χ0v) is 18.3. The van der Waals surface area contributed by atoms with Crippen LogP contribution in [0.25, 0.3) is 0 Å². The van der Waals surface area contributed by atoms with E-state index in [9.17, 15) is 9.59 Å². The maximum absolute atomic E-state index is 12.8. The Morgan fingerprint density at radius 1 is 0.812 bits per heavy atom. The maximum Gasteiger partial charge on any atom is 0.259 e. The molecule has 2 amide bonds. The average molecular weight is 433 g/mol. The molecule has 1 atom stereocenters. The van der Waals surface area contributed by atoms with Gasteiger partial charge in [-0.3, -0.25) is 9.59 Å². The van der Waals surface area contributed by atoms with E-state index in [1.165, 1.54) is 0 Å². The fourth-order valence-corrected chi connectivity index (χ4v) is 2.92. The van der Waals surface area contributed by atoms with Gasteiger partial charge < -0.3 is 20.1 Å². The molecule has 2 N–H and O–H groups in total. The molecule has 3 aromatic carbocycles. The van der Waals surface area contributed by atoms with E-state index in [0.29, 0.717) is 35.8 Å². The first kappa shape index (κ1) is 22.9. The molecule has 6 nitrogen and oxygen atoms in total. The maximum atomic E-state index is 12.8. The van der Waals surface area contributed by atoms with Crippen LogP contribution in [-0.4, -0.2) is 31.1 Å². The second kappa shape index (κ2) is 11.6. The summed E-state index contributed by atoms with van der Waals surface area (Å²) in [6.45, 7) is 4.64. The van der Waals surface area contributed by atoms with Gasteiger partial charge in [-0.1, -0.05) is 37.3 Å². The van der Waals surface area contributed by atoms with Crippen LogP contribution in [0.5, 0.6) is 11.5 Å². The molecular weight excluding hydrogens is 404 g/mol. The van der Waals surface area contributed by atoms with Crippen molar-refractivity contribution >= 4 is 17.5 Å². The lowest BCUT2D eigenvalue weighted by atomic mass is 10.1.